The van der Waals surface area contributed by atoms with Gasteiger partial charge < -0.3 is 26.0 Å². The van der Waals surface area contributed by atoms with E-state index in [0.717, 1.165) is 0 Å². The summed E-state index contributed by atoms with van der Waals surface area (Å²) in [6.07, 6.45) is 0.532. The molecule has 1 atom stereocenters. The number of nitrogen functional groups attached to an aromatic ring is 1. The van der Waals surface area contributed by atoms with Gasteiger partial charge in [-0.1, -0.05) is 0 Å². The number of nitrogens with zero attached hydrogens (tertiary/aromatic N) is 1. The number of hydrogen-bond donors (Lipinski definition) is 4. The van der Waals surface area contributed by atoms with Gasteiger partial charge in [0, 0.05) is 24.3 Å². The summed E-state index contributed by atoms with van der Waals surface area (Å²) in [7, 11) is 0. The minimum atomic E-state index is -0.631. The van der Waals surface area contributed by atoms with Gasteiger partial charge >= 0.3 is 12.0 Å². The molecule has 9 nitrogen and oxygen atoms in total. The van der Waals surface area contributed by atoms with Gasteiger partial charge in [0.05, 0.1) is 6.42 Å². The number of urea groups is 1. The van der Waals surface area contributed by atoms with Crippen LogP contribution in [0.3, 0.4) is 0 Å². The molecule has 5 N–H and O–H groups in total. The lowest BCUT2D eigenvalue weighted by Crippen LogP contribution is -2.46. The van der Waals surface area contributed by atoms with Crippen LogP contribution in [0.1, 0.15) is 39.2 Å². The Morgan fingerprint density at radius 1 is 1.29 bits per heavy atom. The van der Waals surface area contributed by atoms with Crippen molar-refractivity contribution in [2.75, 3.05) is 18.0 Å². The second-order valence-electron chi connectivity index (χ2n) is 7.53. The van der Waals surface area contributed by atoms with Crippen molar-refractivity contribution in [1.82, 2.24) is 10.6 Å². The summed E-state index contributed by atoms with van der Waals surface area (Å²) in [5.41, 5.74) is 6.12. The van der Waals surface area contributed by atoms with E-state index in [9.17, 15) is 14.4 Å². The highest BCUT2D eigenvalue weighted by Gasteiger charge is 2.33. The SMILES string of the molecule is CC(C)(C)OC(=O)CCNC(=O)N[C@H]1CCN(c2ccc(C(=N)N)cc2)C1=O. The third kappa shape index (κ3) is 5.97. The Bertz CT molecular complexity index is 755. The molecule has 2 rings (SSSR count). The van der Waals surface area contributed by atoms with Crippen LogP contribution in [0.5, 0.6) is 0 Å². The Kier molecular flexibility index (Phi) is 6.61. The van der Waals surface area contributed by atoms with Crippen molar-refractivity contribution in [2.45, 2.75) is 45.3 Å². The third-order valence-corrected chi connectivity index (χ3v) is 4.04. The van der Waals surface area contributed by atoms with Gasteiger partial charge in [0.25, 0.3) is 0 Å². The molecule has 9 heteroatoms. The number of carbonyl (C=O) groups excluding carboxylic acids is 3. The zero-order chi connectivity index (χ0) is 20.9. The van der Waals surface area contributed by atoms with E-state index in [2.05, 4.69) is 10.6 Å². The van der Waals surface area contributed by atoms with Gasteiger partial charge in [-0.05, 0) is 51.5 Å². The predicted molar refractivity (Wildman–Crippen MR) is 105 cm³/mol. The molecule has 1 aromatic rings. The van der Waals surface area contributed by atoms with Crippen LogP contribution in [-0.4, -0.2) is 48.5 Å². The van der Waals surface area contributed by atoms with Gasteiger partial charge in [0.1, 0.15) is 17.5 Å². The number of ether oxygens (including phenoxy) is 1. The number of anilines is 1. The third-order valence-electron chi connectivity index (χ3n) is 4.04. The Labute approximate surface area is 164 Å². The number of benzene rings is 1. The van der Waals surface area contributed by atoms with Crippen molar-refractivity contribution in [3.05, 3.63) is 29.8 Å². The van der Waals surface area contributed by atoms with E-state index in [1.807, 2.05) is 0 Å². The molecule has 152 valence electrons. The van der Waals surface area contributed by atoms with Crippen LogP contribution in [-0.2, 0) is 14.3 Å². The number of nitrogens with two attached hydrogens (primary N) is 1. The number of hydrogen-bond acceptors (Lipinski definition) is 5. The molecule has 0 spiro atoms. The van der Waals surface area contributed by atoms with Crippen LogP contribution in [0.15, 0.2) is 24.3 Å². The minimum absolute atomic E-state index is 0.0399. The van der Waals surface area contributed by atoms with E-state index < -0.39 is 23.6 Å². The maximum atomic E-state index is 12.5. The Hall–Kier alpha value is -3.10. The van der Waals surface area contributed by atoms with Crippen molar-refractivity contribution in [1.29, 1.82) is 5.41 Å². The largest absolute Gasteiger partial charge is 0.460 e. The molecule has 1 saturated heterocycles. The highest BCUT2D eigenvalue weighted by atomic mass is 16.6. The van der Waals surface area contributed by atoms with Crippen molar-refractivity contribution in [3.8, 4) is 0 Å². The standard InChI is InChI=1S/C19H27N5O4/c1-19(2,3)28-15(25)8-10-22-18(27)23-14-9-11-24(17(14)26)13-6-4-12(5-7-13)16(20)21/h4-7,14H,8-11H2,1-3H3,(H3,20,21)(H2,22,23,27)/t14-/m0/s1. The molecular weight excluding hydrogens is 362 g/mol. The number of amidine groups is 1. The Morgan fingerprint density at radius 2 is 1.93 bits per heavy atom. The molecule has 1 aliphatic heterocycles. The highest BCUT2D eigenvalue weighted by molar-refractivity contribution is 6.02. The maximum absolute atomic E-state index is 12.5. The van der Waals surface area contributed by atoms with Crippen molar-refractivity contribution >= 4 is 29.4 Å². The van der Waals surface area contributed by atoms with Gasteiger partial charge in [0.15, 0.2) is 0 Å². The number of esters is 1. The zero-order valence-corrected chi connectivity index (χ0v) is 16.4. The van der Waals surface area contributed by atoms with E-state index in [4.69, 9.17) is 15.9 Å². The second-order valence-corrected chi connectivity index (χ2v) is 7.53. The average molecular weight is 389 g/mol. The average Bonchev–Trinajstić information content (AvgIpc) is 2.94. The summed E-state index contributed by atoms with van der Waals surface area (Å²) in [5, 5.41) is 12.6. The van der Waals surface area contributed by atoms with E-state index in [1.165, 1.54) is 0 Å². The smallest absolute Gasteiger partial charge is 0.315 e. The molecule has 0 aliphatic carbocycles. The Morgan fingerprint density at radius 3 is 2.50 bits per heavy atom. The number of amides is 3. The number of nitrogens with one attached hydrogen (secondary N) is 3. The second kappa shape index (κ2) is 8.73. The lowest BCUT2D eigenvalue weighted by molar-refractivity contribution is -0.154. The van der Waals surface area contributed by atoms with Crippen LogP contribution in [0.2, 0.25) is 0 Å². The fourth-order valence-electron chi connectivity index (χ4n) is 2.77. The summed E-state index contributed by atoms with van der Waals surface area (Å²) < 4.78 is 5.16. The van der Waals surface area contributed by atoms with E-state index in [-0.39, 0.29) is 24.7 Å². The molecular formula is C19H27N5O4. The molecule has 0 bridgehead atoms. The lowest BCUT2D eigenvalue weighted by atomic mass is 10.2. The van der Waals surface area contributed by atoms with Gasteiger partial charge in [-0.3, -0.25) is 15.0 Å². The summed E-state index contributed by atoms with van der Waals surface area (Å²) in [5.74, 6) is -0.648. The molecule has 3 amide bonds. The van der Waals surface area contributed by atoms with Crippen LogP contribution in [0.25, 0.3) is 0 Å². The fraction of sp³-hybridized carbons (Fsp3) is 0.474. The first-order valence-electron chi connectivity index (χ1n) is 9.09. The summed E-state index contributed by atoms with van der Waals surface area (Å²) >= 11 is 0. The van der Waals surface area contributed by atoms with Crippen molar-refractivity contribution < 1.29 is 19.1 Å². The summed E-state index contributed by atoms with van der Waals surface area (Å²) in [4.78, 5) is 37.7. The van der Waals surface area contributed by atoms with Gasteiger partial charge in [0.2, 0.25) is 5.91 Å². The van der Waals surface area contributed by atoms with Gasteiger partial charge in [-0.2, -0.15) is 0 Å². The fourth-order valence-corrected chi connectivity index (χ4v) is 2.77. The molecule has 28 heavy (non-hydrogen) atoms. The molecule has 0 aromatic heterocycles. The van der Waals surface area contributed by atoms with Crippen molar-refractivity contribution in [2.24, 2.45) is 5.73 Å². The first-order chi connectivity index (χ1) is 13.1. The summed E-state index contributed by atoms with van der Waals surface area (Å²) in [6.45, 7) is 5.92. The number of carbonyl (C=O) groups is 3. The number of rotatable bonds is 6. The van der Waals surface area contributed by atoms with Crippen LogP contribution in [0.4, 0.5) is 10.5 Å². The van der Waals surface area contributed by atoms with Crippen LogP contribution in [0, 0.1) is 5.41 Å². The quantitative estimate of drug-likeness (QED) is 0.328. The highest BCUT2D eigenvalue weighted by Crippen LogP contribution is 2.22. The van der Waals surface area contributed by atoms with Crippen LogP contribution < -0.4 is 21.3 Å². The molecule has 0 unspecified atom stereocenters. The molecule has 1 aliphatic rings. The normalized spacial score (nSPS) is 16.6. The molecule has 1 heterocycles. The van der Waals surface area contributed by atoms with E-state index in [0.29, 0.717) is 24.2 Å². The predicted octanol–water partition coefficient (Wildman–Crippen LogP) is 1.11. The summed E-state index contributed by atoms with van der Waals surface area (Å²) in [6, 6.07) is 5.66. The molecule has 0 saturated carbocycles. The molecule has 0 radical (unpaired) electrons. The van der Waals surface area contributed by atoms with Gasteiger partial charge in [-0.25, -0.2) is 4.79 Å². The monoisotopic (exact) mass is 389 g/mol. The molecule has 1 fully saturated rings. The van der Waals surface area contributed by atoms with Crippen LogP contribution >= 0.6 is 0 Å². The molecule has 1 aromatic carbocycles. The zero-order valence-electron chi connectivity index (χ0n) is 16.4. The van der Waals surface area contributed by atoms with E-state index >= 15 is 0 Å². The lowest BCUT2D eigenvalue weighted by Gasteiger charge is -2.19. The first-order valence-corrected chi connectivity index (χ1v) is 9.09. The maximum Gasteiger partial charge on any atom is 0.315 e. The topological polar surface area (TPSA) is 138 Å². The van der Waals surface area contributed by atoms with Crippen molar-refractivity contribution in [3.63, 3.8) is 0 Å². The van der Waals surface area contributed by atoms with Gasteiger partial charge in [-0.15, -0.1) is 0 Å². The first kappa shape index (κ1) is 21.2. The Balaban J connectivity index is 1.80. The minimum Gasteiger partial charge on any atom is -0.460 e. The van der Waals surface area contributed by atoms with E-state index in [1.54, 1.807) is 49.9 Å².